The number of hydrogen-bond acceptors (Lipinski definition) is 7. The molecule has 2 aliphatic rings. The smallest absolute Gasteiger partial charge is 0.231 e. The van der Waals surface area contributed by atoms with Gasteiger partial charge in [-0.3, -0.25) is 0 Å². The second kappa shape index (κ2) is 9.50. The van der Waals surface area contributed by atoms with Crippen molar-refractivity contribution in [3.05, 3.63) is 65.9 Å². The molecule has 9 heteroatoms. The summed E-state index contributed by atoms with van der Waals surface area (Å²) >= 11 is 5.47. The summed E-state index contributed by atoms with van der Waals surface area (Å²) in [6.07, 6.45) is 0. The molecule has 8 nitrogen and oxygen atoms in total. The van der Waals surface area contributed by atoms with E-state index in [2.05, 4.69) is 49.7 Å². The lowest BCUT2D eigenvalue weighted by atomic mass is 10.2. The third-order valence-corrected chi connectivity index (χ3v) is 5.93. The van der Waals surface area contributed by atoms with Crippen molar-refractivity contribution in [2.45, 2.75) is 13.5 Å². The van der Waals surface area contributed by atoms with Gasteiger partial charge >= 0.3 is 0 Å². The number of aryl methyl sites for hydroxylation is 1. The molecule has 0 atom stereocenters. The van der Waals surface area contributed by atoms with Crippen molar-refractivity contribution in [1.82, 2.24) is 15.3 Å². The van der Waals surface area contributed by atoms with Crippen LogP contribution in [0, 0.1) is 6.92 Å². The van der Waals surface area contributed by atoms with E-state index in [1.165, 1.54) is 5.69 Å². The minimum atomic E-state index is 0.264. The zero-order valence-corrected chi connectivity index (χ0v) is 19.3. The summed E-state index contributed by atoms with van der Waals surface area (Å²) in [7, 11) is 0. The summed E-state index contributed by atoms with van der Waals surface area (Å²) in [5.74, 6) is 2.94. The van der Waals surface area contributed by atoms with E-state index in [0.29, 0.717) is 17.6 Å². The first kappa shape index (κ1) is 21.3. The summed E-state index contributed by atoms with van der Waals surface area (Å²) < 4.78 is 10.8. The Labute approximate surface area is 198 Å². The monoisotopic (exact) mass is 462 g/mol. The SMILES string of the molecule is Cc1cc(N2CCN(c3ccccc3)CC2)nc(NC(=S)NCc2ccc3c(c2)OCO3)n1. The molecule has 0 spiro atoms. The molecule has 0 saturated carbocycles. The molecular formula is C24H26N6O2S. The average Bonchev–Trinajstić information content (AvgIpc) is 3.31. The second-order valence-electron chi connectivity index (χ2n) is 8.00. The highest BCUT2D eigenvalue weighted by Gasteiger charge is 2.19. The molecule has 33 heavy (non-hydrogen) atoms. The Hall–Kier alpha value is -3.59. The number of piperazine rings is 1. The van der Waals surface area contributed by atoms with Crippen molar-refractivity contribution in [3.8, 4) is 11.5 Å². The van der Waals surface area contributed by atoms with Crippen LogP contribution in [0.4, 0.5) is 17.5 Å². The van der Waals surface area contributed by atoms with E-state index in [1.54, 1.807) is 0 Å². The Bertz CT molecular complexity index is 1140. The number of anilines is 3. The minimum absolute atomic E-state index is 0.264. The van der Waals surface area contributed by atoms with Gasteiger partial charge in [0.05, 0.1) is 0 Å². The highest BCUT2D eigenvalue weighted by Crippen LogP contribution is 2.32. The molecule has 0 unspecified atom stereocenters. The molecule has 3 heterocycles. The summed E-state index contributed by atoms with van der Waals surface area (Å²) in [5.41, 5.74) is 3.20. The van der Waals surface area contributed by atoms with Gasteiger partial charge in [0.15, 0.2) is 16.6 Å². The molecule has 5 rings (SSSR count). The zero-order chi connectivity index (χ0) is 22.6. The van der Waals surface area contributed by atoms with E-state index < -0.39 is 0 Å². The number of rotatable bonds is 5. The van der Waals surface area contributed by atoms with Gasteiger partial charge in [-0.1, -0.05) is 24.3 Å². The van der Waals surface area contributed by atoms with Gasteiger partial charge in [-0.25, -0.2) is 4.98 Å². The molecule has 1 saturated heterocycles. The summed E-state index contributed by atoms with van der Waals surface area (Å²) in [5, 5.41) is 6.80. The third kappa shape index (κ3) is 5.09. The summed E-state index contributed by atoms with van der Waals surface area (Å²) in [6, 6.07) is 18.4. The fourth-order valence-electron chi connectivity index (χ4n) is 3.98. The van der Waals surface area contributed by atoms with Crippen LogP contribution in [0.25, 0.3) is 0 Å². The predicted molar refractivity (Wildman–Crippen MR) is 133 cm³/mol. The van der Waals surface area contributed by atoms with Gasteiger partial charge in [-0.15, -0.1) is 0 Å². The van der Waals surface area contributed by atoms with Crippen molar-refractivity contribution < 1.29 is 9.47 Å². The van der Waals surface area contributed by atoms with Crippen LogP contribution in [-0.4, -0.2) is 48.1 Å². The maximum absolute atomic E-state index is 5.47. The van der Waals surface area contributed by atoms with Crippen molar-refractivity contribution in [2.75, 3.05) is 48.1 Å². The van der Waals surface area contributed by atoms with Crippen LogP contribution >= 0.6 is 12.2 Å². The first-order chi connectivity index (χ1) is 16.1. The maximum Gasteiger partial charge on any atom is 0.231 e. The van der Waals surface area contributed by atoms with E-state index in [1.807, 2.05) is 37.3 Å². The number of ether oxygens (including phenoxy) is 2. The van der Waals surface area contributed by atoms with Crippen molar-refractivity contribution in [2.24, 2.45) is 0 Å². The van der Waals surface area contributed by atoms with E-state index in [0.717, 1.165) is 54.8 Å². The Kier molecular flexibility index (Phi) is 6.12. The molecule has 3 aromatic rings. The normalized spacial score (nSPS) is 14.8. The Morgan fingerprint density at radius 3 is 2.52 bits per heavy atom. The molecule has 0 aliphatic carbocycles. The summed E-state index contributed by atoms with van der Waals surface area (Å²) in [6.45, 7) is 6.49. The zero-order valence-electron chi connectivity index (χ0n) is 18.5. The highest BCUT2D eigenvalue weighted by atomic mass is 32.1. The molecule has 1 fully saturated rings. The third-order valence-electron chi connectivity index (χ3n) is 5.68. The van der Waals surface area contributed by atoms with Gasteiger partial charge in [-0.2, -0.15) is 4.98 Å². The first-order valence-electron chi connectivity index (χ1n) is 11.0. The maximum atomic E-state index is 5.47. The first-order valence-corrected chi connectivity index (χ1v) is 11.4. The molecule has 0 bridgehead atoms. The quantitative estimate of drug-likeness (QED) is 0.556. The molecule has 1 aromatic heterocycles. The number of nitrogens with zero attached hydrogens (tertiary/aromatic N) is 4. The van der Waals surface area contributed by atoms with Crippen LogP contribution in [0.2, 0.25) is 0 Å². The van der Waals surface area contributed by atoms with Crippen molar-refractivity contribution in [1.29, 1.82) is 0 Å². The Balaban J connectivity index is 1.18. The van der Waals surface area contributed by atoms with Crippen LogP contribution in [0.3, 0.4) is 0 Å². The molecule has 2 aromatic carbocycles. The van der Waals surface area contributed by atoms with Crippen LogP contribution in [-0.2, 0) is 6.54 Å². The lowest BCUT2D eigenvalue weighted by Gasteiger charge is -2.36. The molecule has 170 valence electrons. The lowest BCUT2D eigenvalue weighted by molar-refractivity contribution is 0.174. The van der Waals surface area contributed by atoms with Gasteiger partial charge in [-0.05, 0) is 49.0 Å². The number of para-hydroxylation sites is 1. The van der Waals surface area contributed by atoms with E-state index in [9.17, 15) is 0 Å². The summed E-state index contributed by atoms with van der Waals surface area (Å²) in [4.78, 5) is 13.9. The molecular weight excluding hydrogens is 436 g/mol. The largest absolute Gasteiger partial charge is 0.454 e. The predicted octanol–water partition coefficient (Wildman–Crippen LogP) is 3.33. The van der Waals surface area contributed by atoms with Gasteiger partial charge < -0.3 is 29.9 Å². The van der Waals surface area contributed by atoms with Crippen molar-refractivity contribution >= 4 is 34.8 Å². The highest BCUT2D eigenvalue weighted by molar-refractivity contribution is 7.80. The number of fused-ring (bicyclic) bond motifs is 1. The van der Waals surface area contributed by atoms with Crippen LogP contribution in [0.5, 0.6) is 11.5 Å². The van der Waals surface area contributed by atoms with E-state index in [4.69, 9.17) is 26.7 Å². The molecule has 0 radical (unpaired) electrons. The van der Waals surface area contributed by atoms with Crippen molar-refractivity contribution in [3.63, 3.8) is 0 Å². The lowest BCUT2D eigenvalue weighted by Crippen LogP contribution is -2.47. The number of benzene rings is 2. The van der Waals surface area contributed by atoms with Gasteiger partial charge in [0, 0.05) is 50.2 Å². The Morgan fingerprint density at radius 1 is 0.939 bits per heavy atom. The van der Waals surface area contributed by atoms with Gasteiger partial charge in [0.2, 0.25) is 12.7 Å². The van der Waals surface area contributed by atoms with Crippen LogP contribution in [0.1, 0.15) is 11.3 Å². The van der Waals surface area contributed by atoms with E-state index >= 15 is 0 Å². The second-order valence-corrected chi connectivity index (χ2v) is 8.40. The van der Waals surface area contributed by atoms with Crippen LogP contribution < -0.4 is 29.9 Å². The number of hydrogen-bond donors (Lipinski definition) is 2. The van der Waals surface area contributed by atoms with E-state index in [-0.39, 0.29) is 6.79 Å². The van der Waals surface area contributed by atoms with Gasteiger partial charge in [0.1, 0.15) is 5.82 Å². The Morgan fingerprint density at radius 2 is 1.70 bits per heavy atom. The number of aromatic nitrogens is 2. The number of thiocarbonyl (C=S) groups is 1. The minimum Gasteiger partial charge on any atom is -0.454 e. The molecule has 2 N–H and O–H groups in total. The fourth-order valence-corrected chi connectivity index (χ4v) is 4.14. The molecule has 2 aliphatic heterocycles. The van der Waals surface area contributed by atoms with Gasteiger partial charge in [0.25, 0.3) is 0 Å². The van der Waals surface area contributed by atoms with Crippen LogP contribution in [0.15, 0.2) is 54.6 Å². The standard InChI is InChI=1S/C24H26N6O2S/c1-17-13-22(30-11-9-29(10-12-30)19-5-3-2-4-6-19)27-23(26-17)28-24(33)25-15-18-7-8-20-21(14-18)32-16-31-20/h2-8,13-14H,9-12,15-16H2,1H3,(H2,25,26,27,28,33). The molecule has 0 amide bonds. The fraction of sp³-hybridized carbons (Fsp3) is 0.292. The number of nitrogens with one attached hydrogen (secondary N) is 2. The average molecular weight is 463 g/mol. The topological polar surface area (TPSA) is 74.8 Å².